The van der Waals surface area contributed by atoms with Gasteiger partial charge in [-0.15, -0.1) is 0 Å². The summed E-state index contributed by atoms with van der Waals surface area (Å²) in [5.74, 6) is -1.86. The number of amides is 1. The number of nitriles is 1. The second-order valence-electron chi connectivity index (χ2n) is 3.37. The Morgan fingerprint density at radius 1 is 1.47 bits per heavy atom. The summed E-state index contributed by atoms with van der Waals surface area (Å²) in [5, 5.41) is 21.9. The molecule has 0 aliphatic heterocycles. The quantitative estimate of drug-likeness (QED) is 0.791. The Kier molecular flexibility index (Phi) is 3.72. The van der Waals surface area contributed by atoms with Crippen molar-refractivity contribution >= 4 is 11.6 Å². The van der Waals surface area contributed by atoms with Crippen molar-refractivity contribution in [2.24, 2.45) is 0 Å². The van der Waals surface area contributed by atoms with E-state index >= 15 is 0 Å². The minimum atomic E-state index is -1.10. The van der Waals surface area contributed by atoms with E-state index in [1.165, 1.54) is 18.5 Å². The van der Waals surface area contributed by atoms with E-state index in [1.54, 1.807) is 0 Å². The average Bonchev–Trinajstić information content (AvgIpc) is 2.86. The lowest BCUT2D eigenvalue weighted by molar-refractivity contribution is 0.0975. The Bertz CT molecular complexity index is 608. The summed E-state index contributed by atoms with van der Waals surface area (Å²) >= 11 is 0. The van der Waals surface area contributed by atoms with Crippen molar-refractivity contribution in [3.05, 3.63) is 30.1 Å². The Balaban J connectivity index is 2.31. The standard InChI is InChI=1S/C10H7FN6O2/c11-9-8(15-19-16-9)10(18)17(5-1-3-12)7-2-4-13-14-6-7/h2,4,6H,1,5H2. The van der Waals surface area contributed by atoms with Gasteiger partial charge in [0.25, 0.3) is 11.9 Å². The van der Waals surface area contributed by atoms with Gasteiger partial charge in [0.2, 0.25) is 5.69 Å². The van der Waals surface area contributed by atoms with Crippen LogP contribution in [0.1, 0.15) is 16.9 Å². The van der Waals surface area contributed by atoms with Crippen LogP contribution in [0, 0.1) is 17.3 Å². The molecule has 0 aliphatic rings. The number of rotatable bonds is 4. The summed E-state index contributed by atoms with van der Waals surface area (Å²) in [6.07, 6.45) is 2.76. The summed E-state index contributed by atoms with van der Waals surface area (Å²) in [6.45, 7) is 0.0628. The number of aromatic nitrogens is 4. The highest BCUT2D eigenvalue weighted by atomic mass is 19.1. The number of carbonyl (C=O) groups excluding carboxylic acids is 1. The second-order valence-corrected chi connectivity index (χ2v) is 3.37. The number of anilines is 1. The lowest BCUT2D eigenvalue weighted by Gasteiger charge is -2.19. The van der Waals surface area contributed by atoms with E-state index in [0.717, 1.165) is 4.90 Å². The molecule has 0 saturated carbocycles. The van der Waals surface area contributed by atoms with Gasteiger partial charge < -0.3 is 4.90 Å². The van der Waals surface area contributed by atoms with Crippen LogP contribution >= 0.6 is 0 Å². The summed E-state index contributed by atoms with van der Waals surface area (Å²) in [4.78, 5) is 13.3. The van der Waals surface area contributed by atoms with E-state index < -0.39 is 17.5 Å². The molecule has 0 atom stereocenters. The van der Waals surface area contributed by atoms with Gasteiger partial charge in [0.15, 0.2) is 0 Å². The minimum Gasteiger partial charge on any atom is -0.304 e. The predicted octanol–water partition coefficient (Wildman–Crippen LogP) is 0.559. The van der Waals surface area contributed by atoms with Crippen molar-refractivity contribution in [2.45, 2.75) is 6.42 Å². The van der Waals surface area contributed by atoms with Crippen LogP contribution in [0.15, 0.2) is 23.1 Å². The third-order valence-electron chi connectivity index (χ3n) is 2.22. The van der Waals surface area contributed by atoms with Crippen LogP contribution in [-0.2, 0) is 0 Å². The van der Waals surface area contributed by atoms with Crippen molar-refractivity contribution in [3.8, 4) is 6.07 Å². The molecule has 0 fully saturated rings. The minimum absolute atomic E-state index is 0.0628. The van der Waals surface area contributed by atoms with Gasteiger partial charge in [0.05, 0.1) is 30.6 Å². The molecule has 0 aliphatic carbocycles. The first-order valence-electron chi connectivity index (χ1n) is 5.17. The smallest absolute Gasteiger partial charge is 0.287 e. The molecule has 2 heterocycles. The van der Waals surface area contributed by atoms with E-state index in [0.29, 0.717) is 5.69 Å². The molecule has 0 unspecified atom stereocenters. The van der Waals surface area contributed by atoms with Crippen LogP contribution in [0.25, 0.3) is 0 Å². The molecule has 0 N–H and O–H groups in total. The van der Waals surface area contributed by atoms with E-state index in [2.05, 4.69) is 25.1 Å². The fourth-order valence-electron chi connectivity index (χ4n) is 1.39. The summed E-state index contributed by atoms with van der Waals surface area (Å²) < 4.78 is 17.3. The fourth-order valence-corrected chi connectivity index (χ4v) is 1.39. The molecular formula is C10H7FN6O2. The molecular weight excluding hydrogens is 255 g/mol. The number of hydrogen-bond acceptors (Lipinski definition) is 7. The maximum absolute atomic E-state index is 13.2. The first-order chi connectivity index (χ1) is 9.24. The van der Waals surface area contributed by atoms with Crippen LogP contribution < -0.4 is 4.90 Å². The van der Waals surface area contributed by atoms with Crippen LogP contribution in [0.3, 0.4) is 0 Å². The zero-order valence-corrected chi connectivity index (χ0v) is 9.52. The summed E-state index contributed by atoms with van der Waals surface area (Å²) in [7, 11) is 0. The Morgan fingerprint density at radius 2 is 2.32 bits per heavy atom. The molecule has 0 saturated heterocycles. The molecule has 2 aromatic heterocycles. The van der Waals surface area contributed by atoms with Gasteiger partial charge in [-0.25, -0.2) is 4.63 Å². The first-order valence-corrected chi connectivity index (χ1v) is 5.17. The van der Waals surface area contributed by atoms with Gasteiger partial charge in [-0.1, -0.05) is 0 Å². The zero-order chi connectivity index (χ0) is 13.7. The van der Waals surface area contributed by atoms with Crippen molar-refractivity contribution in [2.75, 3.05) is 11.4 Å². The topological polar surface area (TPSA) is 109 Å². The number of carbonyl (C=O) groups is 1. The Morgan fingerprint density at radius 3 is 2.89 bits per heavy atom. The van der Waals surface area contributed by atoms with E-state index in [1.807, 2.05) is 6.07 Å². The first kappa shape index (κ1) is 12.6. The van der Waals surface area contributed by atoms with Crippen LogP contribution in [0.2, 0.25) is 0 Å². The van der Waals surface area contributed by atoms with Gasteiger partial charge in [-0.05, 0) is 16.4 Å². The Hall–Kier alpha value is -2.89. The summed E-state index contributed by atoms with van der Waals surface area (Å²) in [5.41, 5.74) is -0.174. The molecule has 8 nitrogen and oxygen atoms in total. The Labute approximate surface area is 106 Å². The molecule has 2 rings (SSSR count). The monoisotopic (exact) mass is 262 g/mol. The maximum Gasteiger partial charge on any atom is 0.287 e. The van der Waals surface area contributed by atoms with Crippen LogP contribution in [0.5, 0.6) is 0 Å². The van der Waals surface area contributed by atoms with Crippen molar-refractivity contribution in [1.82, 2.24) is 20.5 Å². The highest BCUT2D eigenvalue weighted by molar-refractivity contribution is 6.04. The fraction of sp³-hybridized carbons (Fsp3) is 0.200. The molecule has 96 valence electrons. The molecule has 19 heavy (non-hydrogen) atoms. The largest absolute Gasteiger partial charge is 0.304 e. The van der Waals surface area contributed by atoms with Crippen molar-refractivity contribution in [3.63, 3.8) is 0 Å². The highest BCUT2D eigenvalue weighted by Crippen LogP contribution is 2.15. The zero-order valence-electron chi connectivity index (χ0n) is 9.52. The number of hydrogen-bond donors (Lipinski definition) is 0. The molecule has 0 bridgehead atoms. The average molecular weight is 262 g/mol. The molecule has 2 aromatic rings. The number of nitrogens with zero attached hydrogens (tertiary/aromatic N) is 6. The van der Waals surface area contributed by atoms with Crippen molar-refractivity contribution < 1.29 is 13.8 Å². The lowest BCUT2D eigenvalue weighted by Crippen LogP contribution is -2.32. The van der Waals surface area contributed by atoms with Gasteiger partial charge in [-0.3, -0.25) is 4.79 Å². The normalized spacial score (nSPS) is 9.89. The molecule has 0 aromatic carbocycles. The third kappa shape index (κ3) is 2.68. The van der Waals surface area contributed by atoms with Gasteiger partial charge in [0, 0.05) is 6.54 Å². The van der Waals surface area contributed by atoms with E-state index in [9.17, 15) is 9.18 Å². The highest BCUT2D eigenvalue weighted by Gasteiger charge is 2.25. The predicted molar refractivity (Wildman–Crippen MR) is 58.2 cm³/mol. The molecule has 1 amide bonds. The lowest BCUT2D eigenvalue weighted by atomic mass is 10.3. The van der Waals surface area contributed by atoms with Crippen molar-refractivity contribution in [1.29, 1.82) is 5.26 Å². The van der Waals surface area contributed by atoms with Crippen LogP contribution in [-0.4, -0.2) is 33.0 Å². The van der Waals surface area contributed by atoms with Crippen LogP contribution in [0.4, 0.5) is 10.1 Å². The van der Waals surface area contributed by atoms with E-state index in [4.69, 9.17) is 5.26 Å². The second kappa shape index (κ2) is 5.63. The summed E-state index contributed by atoms with van der Waals surface area (Å²) in [6, 6.07) is 3.41. The molecule has 9 heteroatoms. The molecule has 0 spiro atoms. The van der Waals surface area contributed by atoms with E-state index in [-0.39, 0.29) is 13.0 Å². The SMILES string of the molecule is N#CCCN(C(=O)c1nonc1F)c1ccnnc1. The maximum atomic E-state index is 13.2. The number of halogens is 1. The molecule has 0 radical (unpaired) electrons. The van der Waals surface area contributed by atoms with Gasteiger partial charge in [-0.2, -0.15) is 19.8 Å². The van der Waals surface area contributed by atoms with Gasteiger partial charge >= 0.3 is 0 Å². The third-order valence-corrected chi connectivity index (χ3v) is 2.22. The van der Waals surface area contributed by atoms with Gasteiger partial charge in [0.1, 0.15) is 0 Å².